The lowest BCUT2D eigenvalue weighted by atomic mass is 9.47. The van der Waals surface area contributed by atoms with Crippen LogP contribution in [-0.4, -0.2) is 197 Å². The Kier molecular flexibility index (Phi) is 10.2. The summed E-state index contributed by atoms with van der Waals surface area (Å²) in [4.78, 5) is 104. The predicted octanol–water partition coefficient (Wildman–Crippen LogP) is -2.87. The highest BCUT2D eigenvalue weighted by Gasteiger charge is 2.97. The molecular formula is C47H34O32. The second-order valence-corrected chi connectivity index (χ2v) is 19.2. The van der Waals surface area contributed by atoms with Crippen molar-refractivity contribution < 1.29 is 158 Å². The van der Waals surface area contributed by atoms with Gasteiger partial charge in [-0.15, -0.1) is 0 Å². The Morgan fingerprint density at radius 1 is 0.595 bits per heavy atom. The molecule has 2 spiro atoms. The van der Waals surface area contributed by atoms with Crippen LogP contribution in [0.3, 0.4) is 0 Å². The molecule has 1 saturated carbocycles. The lowest BCUT2D eigenvalue weighted by Crippen LogP contribution is -2.88. The first-order valence-corrected chi connectivity index (χ1v) is 22.8. The van der Waals surface area contributed by atoms with Gasteiger partial charge in [-0.1, -0.05) is 0 Å². The highest BCUT2D eigenvalue weighted by molar-refractivity contribution is 6.09. The minimum atomic E-state index is -4.05. The summed E-state index contributed by atoms with van der Waals surface area (Å²) >= 11 is 0. The predicted molar refractivity (Wildman–Crippen MR) is 232 cm³/mol. The van der Waals surface area contributed by atoms with E-state index in [1.54, 1.807) is 0 Å². The first-order valence-electron chi connectivity index (χ1n) is 22.8. The third-order valence-corrected chi connectivity index (χ3v) is 15.2. The van der Waals surface area contributed by atoms with Gasteiger partial charge in [0.15, 0.2) is 75.8 Å². The second-order valence-electron chi connectivity index (χ2n) is 19.2. The summed E-state index contributed by atoms with van der Waals surface area (Å²) in [5.41, 5.74) is -15.4. The van der Waals surface area contributed by atoms with Crippen molar-refractivity contribution in [2.24, 2.45) is 5.41 Å². The van der Waals surface area contributed by atoms with Gasteiger partial charge in [-0.2, -0.15) is 0 Å². The van der Waals surface area contributed by atoms with Crippen LogP contribution in [-0.2, 0) is 57.0 Å². The third-order valence-electron chi connectivity index (χ3n) is 15.2. The number of hydrogen-bond donors (Lipinski definition) is 15. The lowest BCUT2D eigenvalue weighted by Gasteiger charge is -2.64. The summed E-state index contributed by atoms with van der Waals surface area (Å²) in [7, 11) is 0. The number of ketones is 1. The van der Waals surface area contributed by atoms with Crippen LogP contribution in [0, 0.1) is 5.41 Å². The van der Waals surface area contributed by atoms with E-state index in [4.69, 9.17) is 47.4 Å². The largest absolute Gasteiger partial charge is 0.504 e. The SMILES string of the molecule is O=C(OC1C2OC(=O)C34CC(=O)C(O)(OC35C(=O)OC3C(O)COC35O)C3(O)Oc5c(O)c(O)cc(c5C34)C(=O)OC1C1OC(=O)c3cc(O)c(O)c(O)c3-c3c(cc(O)c(O)c3O)C(=O)OCC2O1)c1cc(O)c(O)c(O)c1. The van der Waals surface area contributed by atoms with Crippen LogP contribution < -0.4 is 4.74 Å². The zero-order valence-electron chi connectivity index (χ0n) is 38.8. The Balaban J connectivity index is 1.13. The molecule has 32 nitrogen and oxygen atoms in total. The summed E-state index contributed by atoms with van der Waals surface area (Å²) in [5.74, 6) is -43.9. The number of fused-ring (bicyclic) bond motifs is 11. The molecule has 8 aliphatic heterocycles. The molecule has 13 atom stereocenters. The van der Waals surface area contributed by atoms with Crippen LogP contribution in [0.1, 0.15) is 59.3 Å². The summed E-state index contributed by atoms with van der Waals surface area (Å²) in [6.07, 6.45) is -19.5. The van der Waals surface area contributed by atoms with Gasteiger partial charge in [-0.25, -0.2) is 24.0 Å². The van der Waals surface area contributed by atoms with Gasteiger partial charge in [-0.05, 0) is 30.3 Å². The van der Waals surface area contributed by atoms with E-state index in [1.807, 2.05) is 0 Å². The van der Waals surface area contributed by atoms with Crippen LogP contribution in [0.2, 0.25) is 0 Å². The van der Waals surface area contributed by atoms with Gasteiger partial charge in [-0.3, -0.25) is 9.59 Å². The Hall–Kier alpha value is -9.31. The van der Waals surface area contributed by atoms with Crippen LogP contribution in [0.4, 0.5) is 0 Å². The molecule has 4 aromatic rings. The first kappa shape index (κ1) is 50.5. The standard InChI is InChI=1S/C47H34O32/c48-13-1-9(2-14(49)24(13)55)36(61)73-32-30-19-8-70-37(62)10-3-15(50)25(56)28(59)21(10)22-11(4-16(51)26(57)29(22)60)39(64)77-40(72-19)33(32)74-38(63)12-5-17(52)27(58)31-23(12)34-43(41(65)75-30)6-20(54)45(67,46(34,68)78-31)79-44(43)42(66)76-35-18(53)7-71-47(35,44)69/h1-5,18-19,30,32-35,40,48-53,55-60,67-69H,6-8H2. The van der Waals surface area contributed by atoms with Gasteiger partial charge < -0.3 is 124 Å². The number of Topliss-reactive ketones (excluding diaryl/α,β-unsaturated/α-hetero) is 1. The van der Waals surface area contributed by atoms with Crippen molar-refractivity contribution in [3.63, 3.8) is 0 Å². The molecule has 15 N–H and O–H groups in total. The number of rotatable bonds is 2. The molecule has 4 aromatic carbocycles. The molecule has 6 fully saturated rings. The van der Waals surface area contributed by atoms with Crippen molar-refractivity contribution in [2.75, 3.05) is 13.2 Å². The zero-order chi connectivity index (χ0) is 56.9. The van der Waals surface area contributed by atoms with Crippen molar-refractivity contribution in [3.8, 4) is 80.1 Å². The van der Waals surface area contributed by atoms with Crippen molar-refractivity contribution in [3.05, 3.63) is 58.1 Å². The van der Waals surface area contributed by atoms with Gasteiger partial charge in [0.2, 0.25) is 41.0 Å². The molecule has 13 rings (SSSR count). The molecule has 1 aliphatic carbocycles. The van der Waals surface area contributed by atoms with Crippen LogP contribution >= 0.6 is 0 Å². The van der Waals surface area contributed by atoms with E-state index in [9.17, 15) is 101 Å². The fraction of sp³-hybridized carbons (Fsp3) is 0.340. The van der Waals surface area contributed by atoms with Crippen LogP contribution in [0.25, 0.3) is 11.1 Å². The third kappa shape index (κ3) is 6.05. The van der Waals surface area contributed by atoms with E-state index in [1.165, 1.54) is 0 Å². The van der Waals surface area contributed by atoms with Crippen molar-refractivity contribution in [1.29, 1.82) is 0 Å². The number of aromatic hydroxyl groups is 11. The number of esters is 6. The van der Waals surface area contributed by atoms with Crippen LogP contribution in [0.15, 0.2) is 30.3 Å². The summed E-state index contributed by atoms with van der Waals surface area (Å²) in [6, 6.07) is 2.07. The fourth-order valence-corrected chi connectivity index (χ4v) is 11.7. The van der Waals surface area contributed by atoms with Crippen LogP contribution in [0.5, 0.6) is 69.0 Å². The molecule has 0 amide bonds. The molecule has 13 unspecified atom stereocenters. The Morgan fingerprint density at radius 2 is 1.16 bits per heavy atom. The van der Waals surface area contributed by atoms with E-state index < -0.39 is 246 Å². The maximum atomic E-state index is 16.2. The first-order chi connectivity index (χ1) is 37.1. The highest BCUT2D eigenvalue weighted by atomic mass is 16.8. The number of aliphatic hydroxyl groups excluding tert-OH is 1. The Bertz CT molecular complexity index is 3530. The number of phenols is 11. The maximum Gasteiger partial charge on any atom is 0.346 e. The number of carbonyl (C=O) groups is 7. The quantitative estimate of drug-likeness (QED) is 0.0545. The van der Waals surface area contributed by atoms with Gasteiger partial charge >= 0.3 is 35.8 Å². The van der Waals surface area contributed by atoms with Crippen molar-refractivity contribution >= 4 is 41.6 Å². The second kappa shape index (κ2) is 15.9. The van der Waals surface area contributed by atoms with E-state index in [0.717, 1.165) is 0 Å². The lowest BCUT2D eigenvalue weighted by molar-refractivity contribution is -0.459. The Labute approximate surface area is 433 Å². The van der Waals surface area contributed by atoms with Gasteiger partial charge in [0.1, 0.15) is 24.2 Å². The van der Waals surface area contributed by atoms with Gasteiger partial charge in [0, 0.05) is 23.1 Å². The van der Waals surface area contributed by atoms with E-state index >= 15 is 9.59 Å². The molecule has 6 bridgehead atoms. The number of ether oxygens (including phenoxy) is 10. The number of aliphatic hydroxyl groups is 4. The number of cyclic esters (lactones) is 1. The average Bonchev–Trinajstić information content (AvgIpc) is 1.67. The molecule has 32 heteroatoms. The van der Waals surface area contributed by atoms with E-state index in [0.29, 0.717) is 30.3 Å². The smallest absolute Gasteiger partial charge is 0.346 e. The van der Waals surface area contributed by atoms with Gasteiger partial charge in [0.05, 0.1) is 34.8 Å². The minimum absolute atomic E-state index is 0.346. The molecule has 79 heavy (non-hydrogen) atoms. The van der Waals surface area contributed by atoms with E-state index in [2.05, 4.69) is 0 Å². The van der Waals surface area contributed by atoms with Crippen molar-refractivity contribution in [1.82, 2.24) is 0 Å². The number of hydrogen-bond acceptors (Lipinski definition) is 32. The summed E-state index contributed by atoms with van der Waals surface area (Å²) < 4.78 is 57.0. The molecule has 414 valence electrons. The molecule has 8 heterocycles. The summed E-state index contributed by atoms with van der Waals surface area (Å²) in [5, 5.41) is 167. The molecular weight excluding hydrogens is 1080 g/mol. The zero-order valence-corrected chi connectivity index (χ0v) is 38.8. The fourth-order valence-electron chi connectivity index (χ4n) is 11.7. The number of phenolic OH excluding ortho intramolecular Hbond substituents is 11. The number of carbonyl (C=O) groups excluding carboxylic acids is 7. The van der Waals surface area contributed by atoms with Crippen molar-refractivity contribution in [2.45, 2.75) is 78.2 Å². The Morgan fingerprint density at radius 3 is 1.80 bits per heavy atom. The molecule has 0 aromatic heterocycles. The topological polar surface area (TPSA) is 515 Å². The number of benzene rings is 4. The summed E-state index contributed by atoms with van der Waals surface area (Å²) in [6.45, 7) is -2.44. The van der Waals surface area contributed by atoms with E-state index in [-0.39, 0.29) is 0 Å². The molecule has 5 saturated heterocycles. The van der Waals surface area contributed by atoms with Gasteiger partial charge in [0.25, 0.3) is 11.6 Å². The molecule has 0 radical (unpaired) electrons. The highest BCUT2D eigenvalue weighted by Crippen LogP contribution is 2.76. The maximum absolute atomic E-state index is 16.2. The average molecular weight is 1110 g/mol. The normalized spacial score (nSPS) is 34.6. The minimum Gasteiger partial charge on any atom is -0.504 e. The molecule has 9 aliphatic rings. The monoisotopic (exact) mass is 1110 g/mol.